The Bertz CT molecular complexity index is 1070. The van der Waals surface area contributed by atoms with Crippen LogP contribution in [-0.2, 0) is 21.0 Å². The van der Waals surface area contributed by atoms with Crippen LogP contribution in [0.25, 0.3) is 0 Å². The van der Waals surface area contributed by atoms with Gasteiger partial charge in [0.05, 0.1) is 16.5 Å². The lowest BCUT2D eigenvalue weighted by Crippen LogP contribution is -2.43. The zero-order valence-electron chi connectivity index (χ0n) is 18.9. The number of carbonyl (C=O) groups is 1. The fourth-order valence-corrected chi connectivity index (χ4v) is 5.40. The molecular weight excluding hydrogens is 453 g/mol. The van der Waals surface area contributed by atoms with Gasteiger partial charge in [-0.2, -0.15) is 17.5 Å². The second-order valence-corrected chi connectivity index (χ2v) is 10.7. The zero-order valence-corrected chi connectivity index (χ0v) is 19.7. The van der Waals surface area contributed by atoms with Crippen molar-refractivity contribution in [1.82, 2.24) is 9.62 Å². The van der Waals surface area contributed by atoms with Crippen molar-refractivity contribution in [3.63, 3.8) is 0 Å². The molecule has 1 aliphatic heterocycles. The van der Waals surface area contributed by atoms with Gasteiger partial charge in [-0.05, 0) is 61.1 Å². The summed E-state index contributed by atoms with van der Waals surface area (Å²) in [6.45, 7) is 6.13. The molecule has 0 aliphatic carbocycles. The minimum Gasteiger partial charge on any atom is -0.349 e. The fraction of sp³-hybridized carbons (Fsp3) is 0.458. The molecule has 1 amide bonds. The first-order valence-corrected chi connectivity index (χ1v) is 12.4. The van der Waals surface area contributed by atoms with E-state index in [4.69, 9.17) is 0 Å². The minimum atomic E-state index is -4.45. The first-order chi connectivity index (χ1) is 15.4. The maximum absolute atomic E-state index is 13.0. The number of alkyl halides is 3. The summed E-state index contributed by atoms with van der Waals surface area (Å²) in [7, 11) is -3.64. The number of halogens is 3. The Kier molecular flexibility index (Phi) is 7.53. The number of nitrogens with zero attached hydrogens (tertiary/aromatic N) is 1. The summed E-state index contributed by atoms with van der Waals surface area (Å²) in [5.74, 6) is -0.374. The van der Waals surface area contributed by atoms with E-state index in [9.17, 15) is 26.4 Å². The second-order valence-electron chi connectivity index (χ2n) is 8.76. The van der Waals surface area contributed by atoms with Gasteiger partial charge in [-0.1, -0.05) is 38.1 Å². The Morgan fingerprint density at radius 3 is 2.15 bits per heavy atom. The van der Waals surface area contributed by atoms with E-state index in [0.717, 1.165) is 17.7 Å². The van der Waals surface area contributed by atoms with Crippen molar-refractivity contribution in [2.45, 2.75) is 56.6 Å². The lowest BCUT2D eigenvalue weighted by Gasteiger charge is -2.31. The lowest BCUT2D eigenvalue weighted by molar-refractivity contribution is -0.137. The molecule has 1 N–H and O–H groups in total. The molecule has 180 valence electrons. The largest absolute Gasteiger partial charge is 0.416 e. The molecule has 0 bridgehead atoms. The molecule has 1 fully saturated rings. The number of nitrogens with one attached hydrogen (secondary N) is 1. The van der Waals surface area contributed by atoms with Crippen LogP contribution < -0.4 is 5.32 Å². The molecule has 0 radical (unpaired) electrons. The van der Waals surface area contributed by atoms with Crippen LogP contribution in [0.2, 0.25) is 0 Å². The summed E-state index contributed by atoms with van der Waals surface area (Å²) < 4.78 is 66.2. The van der Waals surface area contributed by atoms with Gasteiger partial charge in [0.2, 0.25) is 15.9 Å². The molecule has 9 heteroatoms. The molecule has 5 nitrogen and oxygen atoms in total. The maximum Gasteiger partial charge on any atom is 0.416 e. The van der Waals surface area contributed by atoms with Crippen molar-refractivity contribution in [1.29, 1.82) is 0 Å². The Morgan fingerprint density at radius 1 is 1.00 bits per heavy atom. The standard InChI is InChI=1S/C24H29F3N2O3S/c1-16(2)18-7-9-22(10-8-18)33(31,32)29-13-11-19(12-14-29)23(30)28-17(3)20-5-4-6-21(15-20)24(25,26)27/h4-10,15-17,19H,11-14H2,1-3H3,(H,28,30). The molecule has 1 aliphatic rings. The molecule has 1 saturated heterocycles. The van der Waals surface area contributed by atoms with E-state index in [1.807, 2.05) is 26.0 Å². The van der Waals surface area contributed by atoms with Crippen LogP contribution in [0.4, 0.5) is 13.2 Å². The molecule has 0 spiro atoms. The van der Waals surface area contributed by atoms with Gasteiger partial charge in [-0.15, -0.1) is 0 Å². The van der Waals surface area contributed by atoms with Crippen molar-refractivity contribution in [2.75, 3.05) is 13.1 Å². The van der Waals surface area contributed by atoms with Crippen molar-refractivity contribution in [3.05, 3.63) is 65.2 Å². The smallest absolute Gasteiger partial charge is 0.349 e. The average molecular weight is 483 g/mol. The highest BCUT2D eigenvalue weighted by Crippen LogP contribution is 2.31. The van der Waals surface area contributed by atoms with Crippen molar-refractivity contribution < 1.29 is 26.4 Å². The van der Waals surface area contributed by atoms with Crippen LogP contribution in [0.1, 0.15) is 62.3 Å². The first kappa shape index (κ1) is 25.2. The van der Waals surface area contributed by atoms with Gasteiger partial charge < -0.3 is 5.32 Å². The van der Waals surface area contributed by atoms with Crippen molar-refractivity contribution in [2.24, 2.45) is 5.92 Å². The number of sulfonamides is 1. The van der Waals surface area contributed by atoms with E-state index >= 15 is 0 Å². The molecule has 0 aromatic heterocycles. The molecule has 2 aromatic carbocycles. The summed E-state index contributed by atoms with van der Waals surface area (Å²) >= 11 is 0. The molecule has 33 heavy (non-hydrogen) atoms. The normalized spacial score (nSPS) is 17.2. The molecular formula is C24H29F3N2O3S. The number of hydrogen-bond donors (Lipinski definition) is 1. The van der Waals surface area contributed by atoms with Gasteiger partial charge in [0.1, 0.15) is 0 Å². The molecule has 1 atom stereocenters. The Balaban J connectivity index is 1.59. The summed E-state index contributed by atoms with van der Waals surface area (Å²) in [4.78, 5) is 12.9. The minimum absolute atomic E-state index is 0.213. The van der Waals surface area contributed by atoms with Gasteiger partial charge in [-0.3, -0.25) is 4.79 Å². The Hall–Kier alpha value is -2.39. The monoisotopic (exact) mass is 482 g/mol. The topological polar surface area (TPSA) is 66.5 Å². The van der Waals surface area contributed by atoms with Gasteiger partial charge in [-0.25, -0.2) is 8.42 Å². The van der Waals surface area contributed by atoms with Crippen LogP contribution in [0.5, 0.6) is 0 Å². The van der Waals surface area contributed by atoms with Crippen molar-refractivity contribution >= 4 is 15.9 Å². The number of benzene rings is 2. The van der Waals surface area contributed by atoms with Crippen LogP contribution in [0.3, 0.4) is 0 Å². The molecule has 3 rings (SSSR count). The third kappa shape index (κ3) is 5.95. The third-order valence-electron chi connectivity index (χ3n) is 6.08. The zero-order chi connectivity index (χ0) is 24.4. The SMILES string of the molecule is CC(C)c1ccc(S(=O)(=O)N2CCC(C(=O)NC(C)c3cccc(C(F)(F)F)c3)CC2)cc1. The number of hydrogen-bond acceptors (Lipinski definition) is 3. The molecule has 0 saturated carbocycles. The molecule has 1 unspecified atom stereocenters. The van der Waals surface area contributed by atoms with Gasteiger partial charge in [0.15, 0.2) is 0 Å². The highest BCUT2D eigenvalue weighted by Gasteiger charge is 2.33. The van der Waals surface area contributed by atoms with E-state index in [2.05, 4.69) is 5.32 Å². The summed E-state index contributed by atoms with van der Waals surface area (Å²) in [6.07, 6.45) is -3.75. The number of amides is 1. The van der Waals surface area contributed by atoms with Gasteiger partial charge in [0, 0.05) is 19.0 Å². The number of rotatable bonds is 6. The fourth-order valence-electron chi connectivity index (χ4n) is 3.93. The van der Waals surface area contributed by atoms with Crippen LogP contribution >= 0.6 is 0 Å². The maximum atomic E-state index is 13.0. The van der Waals surface area contributed by atoms with Crippen molar-refractivity contribution in [3.8, 4) is 0 Å². The van der Waals surface area contributed by atoms with Gasteiger partial charge in [0.25, 0.3) is 0 Å². The second kappa shape index (κ2) is 9.85. The predicted octanol–water partition coefficient (Wildman–Crippen LogP) is 5.11. The van der Waals surface area contributed by atoms with Gasteiger partial charge >= 0.3 is 6.18 Å². The summed E-state index contributed by atoms with van der Waals surface area (Å²) in [5.41, 5.74) is 0.656. The Labute approximate surface area is 193 Å². The van der Waals surface area contributed by atoms with E-state index < -0.39 is 33.7 Å². The highest BCUT2D eigenvalue weighted by atomic mass is 32.2. The number of piperidine rings is 1. The Morgan fingerprint density at radius 2 is 1.61 bits per heavy atom. The molecule has 2 aromatic rings. The van der Waals surface area contributed by atoms with Crippen LogP contribution in [-0.4, -0.2) is 31.7 Å². The number of carbonyl (C=O) groups excluding carboxylic acids is 1. The average Bonchev–Trinajstić information content (AvgIpc) is 2.78. The van der Waals surface area contributed by atoms with Crippen LogP contribution in [0, 0.1) is 5.92 Å². The predicted molar refractivity (Wildman–Crippen MR) is 120 cm³/mol. The van der Waals surface area contributed by atoms with E-state index in [-0.39, 0.29) is 23.9 Å². The highest BCUT2D eigenvalue weighted by molar-refractivity contribution is 7.89. The summed E-state index contributed by atoms with van der Waals surface area (Å²) in [6, 6.07) is 11.1. The van der Waals surface area contributed by atoms with E-state index in [0.29, 0.717) is 24.3 Å². The first-order valence-electron chi connectivity index (χ1n) is 11.0. The quantitative estimate of drug-likeness (QED) is 0.623. The third-order valence-corrected chi connectivity index (χ3v) is 7.99. The van der Waals surface area contributed by atoms with E-state index in [1.165, 1.54) is 10.4 Å². The summed E-state index contributed by atoms with van der Waals surface area (Å²) in [5, 5.41) is 2.77. The lowest BCUT2D eigenvalue weighted by atomic mass is 9.96. The van der Waals surface area contributed by atoms with Crippen LogP contribution in [0.15, 0.2) is 53.4 Å². The van der Waals surface area contributed by atoms with E-state index in [1.54, 1.807) is 25.1 Å². The molecule has 1 heterocycles.